The maximum Gasteiger partial charge on any atom is 0.338 e. The summed E-state index contributed by atoms with van der Waals surface area (Å²) in [6.07, 6.45) is 3.51. The quantitative estimate of drug-likeness (QED) is 0.459. The van der Waals surface area contributed by atoms with E-state index in [1.54, 1.807) is 25.1 Å². The van der Waals surface area contributed by atoms with Crippen LogP contribution in [0.5, 0.6) is 0 Å². The van der Waals surface area contributed by atoms with E-state index < -0.39 is 12.1 Å². The highest BCUT2D eigenvalue weighted by Gasteiger charge is 2.23. The number of benzene rings is 1. The van der Waals surface area contributed by atoms with Crippen LogP contribution in [0.15, 0.2) is 30.3 Å². The van der Waals surface area contributed by atoms with E-state index in [0.717, 1.165) is 35.0 Å². The standard InChI is InChI=1S/C23H24N2O4S/c1-13(22(27)21-10-8-16(30-21)12-24-14(2)26)29-23(28)15-7-9-20-18(11-15)17-5-3-4-6-19(17)25-20/h7-11,13,25H,3-6,12H2,1-2H3,(H,24,26)/t13-/m0/s1. The first-order chi connectivity index (χ1) is 14.4. The number of rotatable bonds is 6. The minimum atomic E-state index is -0.888. The van der Waals surface area contributed by atoms with Gasteiger partial charge in [-0.2, -0.15) is 0 Å². The van der Waals surface area contributed by atoms with Gasteiger partial charge in [0.1, 0.15) is 0 Å². The smallest absolute Gasteiger partial charge is 0.338 e. The summed E-state index contributed by atoms with van der Waals surface area (Å²) < 4.78 is 5.47. The number of hydrogen-bond acceptors (Lipinski definition) is 5. The number of aromatic amines is 1. The number of hydrogen-bond donors (Lipinski definition) is 2. The van der Waals surface area contributed by atoms with Gasteiger partial charge in [0.05, 0.1) is 17.0 Å². The summed E-state index contributed by atoms with van der Waals surface area (Å²) in [6.45, 7) is 3.41. The number of esters is 1. The van der Waals surface area contributed by atoms with Crippen LogP contribution in [0, 0.1) is 0 Å². The molecule has 3 aromatic rings. The number of Topliss-reactive ketones (excluding diaryl/α,β-unsaturated/α-hetero) is 1. The number of ether oxygens (including phenoxy) is 1. The predicted molar refractivity (Wildman–Crippen MR) is 116 cm³/mol. The Morgan fingerprint density at radius 2 is 1.97 bits per heavy atom. The third kappa shape index (κ3) is 4.16. The number of carbonyl (C=O) groups excluding carboxylic acids is 3. The van der Waals surface area contributed by atoms with Gasteiger partial charge in [-0.1, -0.05) is 0 Å². The van der Waals surface area contributed by atoms with Crippen molar-refractivity contribution in [3.63, 3.8) is 0 Å². The zero-order valence-corrected chi connectivity index (χ0v) is 17.9. The first-order valence-electron chi connectivity index (χ1n) is 10.1. The fourth-order valence-electron chi connectivity index (χ4n) is 3.83. The van der Waals surface area contributed by atoms with Crippen molar-refractivity contribution in [2.45, 2.75) is 52.2 Å². The Bertz CT molecular complexity index is 1130. The lowest BCUT2D eigenvalue weighted by atomic mass is 9.95. The molecule has 0 unspecified atom stereocenters. The van der Waals surface area contributed by atoms with Gasteiger partial charge in [0, 0.05) is 28.4 Å². The van der Waals surface area contributed by atoms with Crippen LogP contribution >= 0.6 is 11.3 Å². The molecule has 7 heteroatoms. The Labute approximate surface area is 178 Å². The highest BCUT2D eigenvalue weighted by Crippen LogP contribution is 2.30. The number of fused-ring (bicyclic) bond motifs is 3. The van der Waals surface area contributed by atoms with Crippen molar-refractivity contribution in [3.05, 3.63) is 56.9 Å². The van der Waals surface area contributed by atoms with E-state index in [1.807, 2.05) is 12.1 Å². The average Bonchev–Trinajstić information content (AvgIpc) is 3.35. The molecule has 2 heterocycles. The van der Waals surface area contributed by atoms with Crippen molar-refractivity contribution >= 4 is 39.9 Å². The largest absolute Gasteiger partial charge is 0.451 e. The number of nitrogens with one attached hydrogen (secondary N) is 2. The molecular formula is C23H24N2O4S. The normalized spacial score (nSPS) is 14.2. The molecule has 0 fully saturated rings. The van der Waals surface area contributed by atoms with Gasteiger partial charge in [-0.15, -0.1) is 11.3 Å². The summed E-state index contributed by atoms with van der Waals surface area (Å²) in [6, 6.07) is 9.01. The van der Waals surface area contributed by atoms with Gasteiger partial charge in [-0.05, 0) is 68.5 Å². The zero-order valence-electron chi connectivity index (χ0n) is 17.0. The zero-order chi connectivity index (χ0) is 21.3. The summed E-state index contributed by atoms with van der Waals surface area (Å²) in [5.41, 5.74) is 4.04. The van der Waals surface area contributed by atoms with E-state index in [0.29, 0.717) is 17.0 Å². The van der Waals surface area contributed by atoms with E-state index >= 15 is 0 Å². The Balaban J connectivity index is 1.45. The van der Waals surface area contributed by atoms with E-state index in [2.05, 4.69) is 10.3 Å². The molecule has 0 saturated carbocycles. The lowest BCUT2D eigenvalue weighted by molar-refractivity contribution is -0.119. The summed E-state index contributed by atoms with van der Waals surface area (Å²) >= 11 is 1.29. The molecule has 1 aliphatic rings. The van der Waals surface area contributed by atoms with Gasteiger partial charge < -0.3 is 15.0 Å². The molecule has 1 amide bonds. The number of H-pyrrole nitrogens is 1. The van der Waals surface area contributed by atoms with Gasteiger partial charge in [-0.25, -0.2) is 4.79 Å². The molecule has 156 valence electrons. The Hall–Kier alpha value is -2.93. The summed E-state index contributed by atoms with van der Waals surface area (Å²) in [5, 5.41) is 3.77. The van der Waals surface area contributed by atoms with Crippen molar-refractivity contribution in [2.24, 2.45) is 0 Å². The van der Waals surface area contributed by atoms with Crippen LogP contribution in [0.3, 0.4) is 0 Å². The number of carbonyl (C=O) groups is 3. The van der Waals surface area contributed by atoms with Crippen LogP contribution in [-0.4, -0.2) is 28.7 Å². The van der Waals surface area contributed by atoms with Gasteiger partial charge in [-0.3, -0.25) is 9.59 Å². The van der Waals surface area contributed by atoms with E-state index in [9.17, 15) is 14.4 Å². The molecule has 2 N–H and O–H groups in total. The van der Waals surface area contributed by atoms with Crippen LogP contribution in [0.1, 0.15) is 62.9 Å². The first-order valence-corrected chi connectivity index (χ1v) is 11.0. The monoisotopic (exact) mass is 424 g/mol. The van der Waals surface area contributed by atoms with Crippen LogP contribution in [-0.2, 0) is 28.9 Å². The van der Waals surface area contributed by atoms with Crippen LogP contribution in [0.4, 0.5) is 0 Å². The van der Waals surface area contributed by atoms with E-state index in [-0.39, 0.29) is 11.7 Å². The second kappa shape index (κ2) is 8.44. The molecule has 0 saturated heterocycles. The Morgan fingerprint density at radius 1 is 1.17 bits per heavy atom. The second-order valence-corrected chi connectivity index (χ2v) is 8.81. The average molecular weight is 425 g/mol. The molecule has 0 bridgehead atoms. The maximum absolute atomic E-state index is 12.7. The molecule has 6 nitrogen and oxygen atoms in total. The van der Waals surface area contributed by atoms with Gasteiger partial charge in [0.25, 0.3) is 0 Å². The molecular weight excluding hydrogens is 400 g/mol. The third-order valence-electron chi connectivity index (χ3n) is 5.40. The first kappa shape index (κ1) is 20.3. The van der Waals surface area contributed by atoms with E-state index in [4.69, 9.17) is 4.74 Å². The molecule has 1 aromatic carbocycles. The van der Waals surface area contributed by atoms with Crippen molar-refractivity contribution in [2.75, 3.05) is 0 Å². The molecule has 4 rings (SSSR count). The fourth-order valence-corrected chi connectivity index (χ4v) is 4.80. The number of aromatic nitrogens is 1. The van der Waals surface area contributed by atoms with E-state index in [1.165, 1.54) is 35.9 Å². The molecule has 0 spiro atoms. The second-order valence-electron chi connectivity index (χ2n) is 7.64. The van der Waals surface area contributed by atoms with Crippen molar-refractivity contribution in [1.82, 2.24) is 10.3 Å². The topological polar surface area (TPSA) is 88.3 Å². The SMILES string of the molecule is CC(=O)NCc1ccc(C(=O)[C@H](C)OC(=O)c2ccc3[nH]c4c(c3c2)CCCC4)s1. The summed E-state index contributed by atoms with van der Waals surface area (Å²) in [7, 11) is 0. The number of thiophene rings is 1. The van der Waals surface area contributed by atoms with Gasteiger partial charge in [0.15, 0.2) is 6.10 Å². The van der Waals surface area contributed by atoms with Crippen molar-refractivity contribution < 1.29 is 19.1 Å². The molecule has 0 aliphatic heterocycles. The van der Waals surface area contributed by atoms with Crippen LogP contribution in [0.25, 0.3) is 10.9 Å². The fraction of sp³-hybridized carbons (Fsp3) is 0.348. The highest BCUT2D eigenvalue weighted by atomic mass is 32.1. The molecule has 0 radical (unpaired) electrons. The Morgan fingerprint density at radius 3 is 2.77 bits per heavy atom. The van der Waals surface area contributed by atoms with Gasteiger partial charge in [0.2, 0.25) is 11.7 Å². The molecule has 2 aromatic heterocycles. The minimum absolute atomic E-state index is 0.126. The number of amides is 1. The van der Waals surface area contributed by atoms with Crippen LogP contribution < -0.4 is 5.32 Å². The minimum Gasteiger partial charge on any atom is -0.451 e. The molecule has 1 atom stereocenters. The van der Waals surface area contributed by atoms with Crippen molar-refractivity contribution in [3.8, 4) is 0 Å². The summed E-state index contributed by atoms with van der Waals surface area (Å²) in [5.74, 6) is -0.875. The van der Waals surface area contributed by atoms with Gasteiger partial charge >= 0.3 is 5.97 Å². The maximum atomic E-state index is 12.7. The summed E-state index contributed by atoms with van der Waals surface area (Å²) in [4.78, 5) is 41.2. The molecule has 1 aliphatic carbocycles. The van der Waals surface area contributed by atoms with Crippen LogP contribution in [0.2, 0.25) is 0 Å². The Kier molecular flexibility index (Phi) is 5.72. The third-order valence-corrected chi connectivity index (χ3v) is 6.50. The lowest BCUT2D eigenvalue weighted by Gasteiger charge is -2.12. The van der Waals surface area contributed by atoms with Crippen molar-refractivity contribution in [1.29, 1.82) is 0 Å². The molecule has 30 heavy (non-hydrogen) atoms. The lowest BCUT2D eigenvalue weighted by Crippen LogP contribution is -2.23. The number of ketones is 1. The predicted octanol–water partition coefficient (Wildman–Crippen LogP) is 4.17. The highest BCUT2D eigenvalue weighted by molar-refractivity contribution is 7.14. The number of aryl methyl sites for hydroxylation is 2.